The summed E-state index contributed by atoms with van der Waals surface area (Å²) in [5, 5.41) is 0. The number of ether oxygens (including phenoxy) is 4. The molecule has 24 heavy (non-hydrogen) atoms. The standard InChI is InChI=1S/C18H28O6/c19-17(13-4-5-13)23-10-8-21-15-2-1-3-16(12-15)22-9-11-24-18(20)14-6-7-14/h13-16H,1-12H2. The van der Waals surface area contributed by atoms with Crippen molar-refractivity contribution in [1.82, 2.24) is 0 Å². The second-order valence-corrected chi connectivity index (χ2v) is 7.04. The normalized spacial score (nSPS) is 26.8. The first-order valence-electron chi connectivity index (χ1n) is 9.29. The highest BCUT2D eigenvalue weighted by Gasteiger charge is 2.32. The molecule has 0 aromatic carbocycles. The van der Waals surface area contributed by atoms with Crippen molar-refractivity contribution in [3.63, 3.8) is 0 Å². The van der Waals surface area contributed by atoms with Crippen molar-refractivity contribution in [2.75, 3.05) is 26.4 Å². The third-order valence-corrected chi connectivity index (χ3v) is 4.76. The molecule has 0 radical (unpaired) electrons. The first kappa shape index (κ1) is 17.7. The molecule has 3 saturated carbocycles. The molecule has 0 N–H and O–H groups in total. The van der Waals surface area contributed by atoms with E-state index in [2.05, 4.69) is 0 Å². The van der Waals surface area contributed by atoms with Crippen LogP contribution in [0.2, 0.25) is 0 Å². The Kier molecular flexibility index (Phi) is 6.49. The third-order valence-electron chi connectivity index (χ3n) is 4.76. The van der Waals surface area contributed by atoms with Crippen LogP contribution in [0.1, 0.15) is 51.4 Å². The van der Waals surface area contributed by atoms with Crippen LogP contribution in [0.5, 0.6) is 0 Å². The van der Waals surface area contributed by atoms with E-state index in [0.717, 1.165) is 51.4 Å². The zero-order valence-electron chi connectivity index (χ0n) is 14.2. The highest BCUT2D eigenvalue weighted by molar-refractivity contribution is 5.75. The Morgan fingerprint density at radius 2 is 1.12 bits per heavy atom. The smallest absolute Gasteiger partial charge is 0.309 e. The Morgan fingerprint density at radius 1 is 0.667 bits per heavy atom. The van der Waals surface area contributed by atoms with E-state index >= 15 is 0 Å². The number of carbonyl (C=O) groups excluding carboxylic acids is 2. The topological polar surface area (TPSA) is 71.1 Å². The molecule has 6 heteroatoms. The fourth-order valence-electron chi connectivity index (χ4n) is 2.99. The SMILES string of the molecule is O=C(OCCOC1CCCC(OCCOC(=O)C2CC2)C1)C1CC1. The van der Waals surface area contributed by atoms with Gasteiger partial charge in [0.2, 0.25) is 0 Å². The molecule has 0 saturated heterocycles. The van der Waals surface area contributed by atoms with Gasteiger partial charge in [0.15, 0.2) is 0 Å². The predicted octanol–water partition coefficient (Wildman–Crippen LogP) is 2.24. The Labute approximate surface area is 143 Å². The Hall–Kier alpha value is -1.14. The molecule has 3 aliphatic carbocycles. The first-order chi connectivity index (χ1) is 11.7. The fourth-order valence-corrected chi connectivity index (χ4v) is 2.99. The van der Waals surface area contributed by atoms with Crippen molar-refractivity contribution >= 4 is 11.9 Å². The van der Waals surface area contributed by atoms with Gasteiger partial charge < -0.3 is 18.9 Å². The Balaban J connectivity index is 1.21. The van der Waals surface area contributed by atoms with E-state index < -0.39 is 0 Å². The molecule has 0 aromatic heterocycles. The van der Waals surface area contributed by atoms with Crippen LogP contribution in [0.4, 0.5) is 0 Å². The van der Waals surface area contributed by atoms with Crippen LogP contribution in [0, 0.1) is 11.8 Å². The molecule has 0 spiro atoms. The molecule has 6 nitrogen and oxygen atoms in total. The van der Waals surface area contributed by atoms with E-state index in [1.165, 1.54) is 0 Å². The lowest BCUT2D eigenvalue weighted by Crippen LogP contribution is -2.30. The lowest BCUT2D eigenvalue weighted by molar-refractivity contribution is -0.148. The Morgan fingerprint density at radius 3 is 1.54 bits per heavy atom. The van der Waals surface area contributed by atoms with Crippen molar-refractivity contribution in [1.29, 1.82) is 0 Å². The molecule has 2 atom stereocenters. The van der Waals surface area contributed by atoms with Crippen LogP contribution in [0.25, 0.3) is 0 Å². The van der Waals surface area contributed by atoms with Crippen LogP contribution in [0.15, 0.2) is 0 Å². The average Bonchev–Trinajstić information content (AvgIpc) is 3.48. The number of esters is 2. The number of hydrogen-bond acceptors (Lipinski definition) is 6. The highest BCUT2D eigenvalue weighted by atomic mass is 16.6. The van der Waals surface area contributed by atoms with Crippen LogP contribution < -0.4 is 0 Å². The van der Waals surface area contributed by atoms with Crippen molar-refractivity contribution in [3.8, 4) is 0 Å². The van der Waals surface area contributed by atoms with Gasteiger partial charge in [-0.05, 0) is 51.4 Å². The van der Waals surface area contributed by atoms with Gasteiger partial charge in [0.25, 0.3) is 0 Å². The second-order valence-electron chi connectivity index (χ2n) is 7.04. The number of rotatable bonds is 10. The Bertz CT molecular complexity index is 391. The van der Waals surface area contributed by atoms with Gasteiger partial charge in [-0.1, -0.05) is 0 Å². The summed E-state index contributed by atoms with van der Waals surface area (Å²) in [7, 11) is 0. The van der Waals surface area contributed by atoms with E-state index in [4.69, 9.17) is 18.9 Å². The van der Waals surface area contributed by atoms with E-state index in [0.29, 0.717) is 26.4 Å². The summed E-state index contributed by atoms with van der Waals surface area (Å²) in [6, 6.07) is 0. The molecule has 0 aliphatic heterocycles. The minimum absolute atomic E-state index is 0.0794. The molecule has 0 heterocycles. The van der Waals surface area contributed by atoms with Gasteiger partial charge in [0.05, 0.1) is 37.3 Å². The zero-order chi connectivity index (χ0) is 16.8. The third kappa shape index (κ3) is 6.06. The molecule has 136 valence electrons. The predicted molar refractivity (Wildman–Crippen MR) is 85.3 cm³/mol. The summed E-state index contributed by atoms with van der Waals surface area (Å²) in [6.07, 6.45) is 8.17. The maximum atomic E-state index is 11.4. The molecule has 0 amide bonds. The molecule has 2 unspecified atom stereocenters. The summed E-state index contributed by atoms with van der Waals surface area (Å²) in [4.78, 5) is 22.8. The maximum absolute atomic E-state index is 11.4. The summed E-state index contributed by atoms with van der Waals surface area (Å²) in [6.45, 7) is 1.59. The van der Waals surface area contributed by atoms with Crippen LogP contribution >= 0.6 is 0 Å². The van der Waals surface area contributed by atoms with Crippen LogP contribution in [-0.4, -0.2) is 50.6 Å². The van der Waals surface area contributed by atoms with Gasteiger partial charge in [-0.25, -0.2) is 0 Å². The molecular weight excluding hydrogens is 312 g/mol. The van der Waals surface area contributed by atoms with Crippen molar-refractivity contribution in [3.05, 3.63) is 0 Å². The molecule has 0 bridgehead atoms. The fraction of sp³-hybridized carbons (Fsp3) is 0.889. The molecule has 3 aliphatic rings. The summed E-state index contributed by atoms with van der Waals surface area (Å²) >= 11 is 0. The van der Waals surface area contributed by atoms with Gasteiger partial charge in [-0.3, -0.25) is 9.59 Å². The maximum Gasteiger partial charge on any atom is 0.309 e. The molecule has 0 aromatic rings. The lowest BCUT2D eigenvalue weighted by atomic mass is 9.95. The van der Waals surface area contributed by atoms with Gasteiger partial charge in [0.1, 0.15) is 13.2 Å². The number of carbonyl (C=O) groups is 2. The van der Waals surface area contributed by atoms with Crippen molar-refractivity contribution in [2.24, 2.45) is 11.8 Å². The van der Waals surface area contributed by atoms with E-state index in [9.17, 15) is 9.59 Å². The minimum Gasteiger partial charge on any atom is -0.463 e. The largest absolute Gasteiger partial charge is 0.463 e. The number of hydrogen-bond donors (Lipinski definition) is 0. The summed E-state index contributed by atoms with van der Waals surface area (Å²) in [5.41, 5.74) is 0. The van der Waals surface area contributed by atoms with E-state index in [-0.39, 0.29) is 36.0 Å². The second kappa shape index (κ2) is 8.81. The van der Waals surface area contributed by atoms with Crippen molar-refractivity contribution < 1.29 is 28.5 Å². The van der Waals surface area contributed by atoms with Crippen LogP contribution in [0.3, 0.4) is 0 Å². The van der Waals surface area contributed by atoms with Crippen molar-refractivity contribution in [2.45, 2.75) is 63.6 Å². The minimum atomic E-state index is -0.0794. The van der Waals surface area contributed by atoms with Gasteiger partial charge in [-0.15, -0.1) is 0 Å². The monoisotopic (exact) mass is 340 g/mol. The first-order valence-corrected chi connectivity index (χ1v) is 9.29. The van der Waals surface area contributed by atoms with Gasteiger partial charge in [0, 0.05) is 0 Å². The molecular formula is C18H28O6. The van der Waals surface area contributed by atoms with E-state index in [1.807, 2.05) is 0 Å². The zero-order valence-corrected chi connectivity index (χ0v) is 14.2. The van der Waals surface area contributed by atoms with Gasteiger partial charge in [-0.2, -0.15) is 0 Å². The molecule has 3 rings (SSSR count). The summed E-state index contributed by atoms with van der Waals surface area (Å²) in [5.74, 6) is 0.131. The van der Waals surface area contributed by atoms with E-state index in [1.54, 1.807) is 0 Å². The molecule has 3 fully saturated rings. The quantitative estimate of drug-likeness (QED) is 0.449. The van der Waals surface area contributed by atoms with Crippen LogP contribution in [-0.2, 0) is 28.5 Å². The highest BCUT2D eigenvalue weighted by Crippen LogP contribution is 2.30. The summed E-state index contributed by atoms with van der Waals surface area (Å²) < 4.78 is 21.9. The van der Waals surface area contributed by atoms with Gasteiger partial charge >= 0.3 is 11.9 Å². The average molecular weight is 340 g/mol. The lowest BCUT2D eigenvalue weighted by Gasteiger charge is -2.29.